The Kier molecular flexibility index (Phi) is 5.83. The van der Waals surface area contributed by atoms with Crippen LogP contribution in [0, 0.1) is 0 Å². The second-order valence-electron chi connectivity index (χ2n) is 6.09. The van der Waals surface area contributed by atoms with Crippen molar-refractivity contribution in [3.63, 3.8) is 0 Å². The van der Waals surface area contributed by atoms with Crippen LogP contribution in [-0.2, 0) is 9.59 Å². The van der Waals surface area contributed by atoms with E-state index in [9.17, 15) is 9.59 Å². The molecule has 5 nitrogen and oxygen atoms in total. The third-order valence-corrected chi connectivity index (χ3v) is 5.17. The number of para-hydroxylation sites is 1. The van der Waals surface area contributed by atoms with Crippen LogP contribution >= 0.6 is 11.8 Å². The lowest BCUT2D eigenvalue weighted by molar-refractivity contribution is -0.121. The number of nitrogens with one attached hydrogen (secondary N) is 1. The number of hydrogen-bond donors (Lipinski definition) is 1. The van der Waals surface area contributed by atoms with Gasteiger partial charge in [-0.1, -0.05) is 19.1 Å². The Morgan fingerprint density at radius 3 is 2.69 bits per heavy atom. The number of carbonyl (C=O) groups excluding carboxylic acids is 2. The van der Waals surface area contributed by atoms with Crippen molar-refractivity contribution < 1.29 is 14.3 Å². The molecule has 0 fully saturated rings. The van der Waals surface area contributed by atoms with Crippen LogP contribution in [0.25, 0.3) is 0 Å². The first-order valence-corrected chi connectivity index (χ1v) is 9.53. The number of carbonyl (C=O) groups is 2. The van der Waals surface area contributed by atoms with Gasteiger partial charge in [0.2, 0.25) is 11.8 Å². The summed E-state index contributed by atoms with van der Waals surface area (Å²) in [4.78, 5) is 27.7. The summed E-state index contributed by atoms with van der Waals surface area (Å²) in [5, 5.41) is 3.03. The summed E-state index contributed by atoms with van der Waals surface area (Å²) in [5.74, 6) is 0.502. The molecule has 2 amide bonds. The molecule has 1 atom stereocenters. The van der Waals surface area contributed by atoms with Crippen molar-refractivity contribution in [2.45, 2.75) is 30.4 Å². The smallest absolute Gasteiger partial charge is 0.244 e. The van der Waals surface area contributed by atoms with E-state index in [1.165, 1.54) is 0 Å². The third-order valence-electron chi connectivity index (χ3n) is 4.00. The largest absolute Gasteiger partial charge is 0.494 e. The molecule has 0 saturated heterocycles. The molecule has 2 aromatic carbocycles. The molecule has 0 aromatic heterocycles. The molecule has 26 heavy (non-hydrogen) atoms. The maximum absolute atomic E-state index is 12.6. The van der Waals surface area contributed by atoms with Crippen molar-refractivity contribution >= 4 is 35.0 Å². The van der Waals surface area contributed by atoms with Gasteiger partial charge in [-0.2, -0.15) is 0 Å². The maximum atomic E-state index is 12.6. The van der Waals surface area contributed by atoms with E-state index in [2.05, 4.69) is 5.32 Å². The van der Waals surface area contributed by atoms with E-state index in [0.717, 1.165) is 16.3 Å². The molecule has 136 valence electrons. The highest BCUT2D eigenvalue weighted by atomic mass is 32.2. The third kappa shape index (κ3) is 4.38. The van der Waals surface area contributed by atoms with Gasteiger partial charge < -0.3 is 15.0 Å². The van der Waals surface area contributed by atoms with Crippen LogP contribution in [0.15, 0.2) is 53.4 Å². The molecule has 2 aromatic rings. The van der Waals surface area contributed by atoms with Gasteiger partial charge in [0, 0.05) is 22.3 Å². The SMILES string of the molecule is CCOc1ccc(NC(=O)CN2C(=O)CC(C)Sc3ccccc32)cc1. The summed E-state index contributed by atoms with van der Waals surface area (Å²) >= 11 is 1.67. The summed E-state index contributed by atoms with van der Waals surface area (Å²) in [6.07, 6.45) is 0.412. The Hall–Kier alpha value is -2.47. The van der Waals surface area contributed by atoms with Gasteiger partial charge in [-0.05, 0) is 43.3 Å². The van der Waals surface area contributed by atoms with Crippen molar-refractivity contribution in [3.8, 4) is 5.75 Å². The van der Waals surface area contributed by atoms with E-state index in [0.29, 0.717) is 18.7 Å². The molecular formula is C20H22N2O3S. The number of rotatable bonds is 5. The van der Waals surface area contributed by atoms with Gasteiger partial charge >= 0.3 is 0 Å². The fourth-order valence-electron chi connectivity index (χ4n) is 2.85. The molecule has 1 N–H and O–H groups in total. The van der Waals surface area contributed by atoms with Gasteiger partial charge in [-0.15, -0.1) is 11.8 Å². The van der Waals surface area contributed by atoms with Crippen LogP contribution in [0.3, 0.4) is 0 Å². The summed E-state index contributed by atoms with van der Waals surface area (Å²) in [7, 11) is 0. The first kappa shape index (κ1) is 18.3. The van der Waals surface area contributed by atoms with Crippen molar-refractivity contribution in [1.82, 2.24) is 0 Å². The van der Waals surface area contributed by atoms with E-state index >= 15 is 0 Å². The average molecular weight is 370 g/mol. The lowest BCUT2D eigenvalue weighted by Crippen LogP contribution is -2.38. The molecule has 1 unspecified atom stereocenters. The molecular weight excluding hydrogens is 348 g/mol. The second-order valence-corrected chi connectivity index (χ2v) is 7.57. The minimum Gasteiger partial charge on any atom is -0.494 e. The van der Waals surface area contributed by atoms with Crippen molar-refractivity contribution in [1.29, 1.82) is 0 Å². The van der Waals surface area contributed by atoms with Gasteiger partial charge in [0.25, 0.3) is 0 Å². The first-order chi connectivity index (χ1) is 12.6. The monoisotopic (exact) mass is 370 g/mol. The van der Waals surface area contributed by atoms with Gasteiger partial charge in [0.15, 0.2) is 0 Å². The predicted octanol–water partition coefficient (Wildman–Crippen LogP) is 3.94. The zero-order chi connectivity index (χ0) is 18.5. The number of thioether (sulfide) groups is 1. The number of nitrogens with zero attached hydrogens (tertiary/aromatic N) is 1. The van der Waals surface area contributed by atoms with Crippen molar-refractivity contribution in [2.75, 3.05) is 23.4 Å². The summed E-state index contributed by atoms with van der Waals surface area (Å²) in [6.45, 7) is 4.54. The number of ether oxygens (including phenoxy) is 1. The molecule has 0 radical (unpaired) electrons. The standard InChI is InChI=1S/C20H22N2O3S/c1-3-25-16-10-8-15(9-11-16)21-19(23)13-22-17-6-4-5-7-18(17)26-14(2)12-20(22)24/h4-11,14H,3,12-13H2,1-2H3,(H,21,23). The van der Waals surface area contributed by atoms with Gasteiger partial charge in [-0.25, -0.2) is 0 Å². The molecule has 0 saturated carbocycles. The molecule has 0 spiro atoms. The van der Waals surface area contributed by atoms with Crippen LogP contribution in [0.5, 0.6) is 5.75 Å². The Balaban J connectivity index is 1.72. The molecule has 1 aliphatic heterocycles. The Bertz CT molecular complexity index is 792. The van der Waals surface area contributed by atoms with Crippen LogP contribution in [0.2, 0.25) is 0 Å². The number of fused-ring (bicyclic) bond motifs is 1. The summed E-state index contributed by atoms with van der Waals surface area (Å²) < 4.78 is 5.40. The Morgan fingerprint density at radius 1 is 1.23 bits per heavy atom. The minimum absolute atomic E-state index is 0.00363. The molecule has 0 aliphatic carbocycles. The molecule has 0 bridgehead atoms. The first-order valence-electron chi connectivity index (χ1n) is 8.65. The normalized spacial score (nSPS) is 16.6. The lowest BCUT2D eigenvalue weighted by Gasteiger charge is -2.22. The second kappa shape index (κ2) is 8.27. The molecule has 1 heterocycles. The maximum Gasteiger partial charge on any atom is 0.244 e. The fourth-order valence-corrected chi connectivity index (χ4v) is 3.96. The zero-order valence-corrected chi connectivity index (χ0v) is 15.7. The van der Waals surface area contributed by atoms with Gasteiger partial charge in [0.05, 0.1) is 12.3 Å². The Morgan fingerprint density at radius 2 is 1.96 bits per heavy atom. The molecule has 1 aliphatic rings. The van der Waals surface area contributed by atoms with Gasteiger partial charge in [0.1, 0.15) is 12.3 Å². The zero-order valence-electron chi connectivity index (χ0n) is 14.9. The minimum atomic E-state index is -0.225. The lowest BCUT2D eigenvalue weighted by atomic mass is 10.2. The fraction of sp³-hybridized carbons (Fsp3) is 0.300. The topological polar surface area (TPSA) is 58.6 Å². The number of amides is 2. The average Bonchev–Trinajstić information content (AvgIpc) is 2.73. The number of hydrogen-bond acceptors (Lipinski definition) is 4. The van der Waals surface area contributed by atoms with E-state index in [4.69, 9.17) is 4.74 Å². The van der Waals surface area contributed by atoms with Gasteiger partial charge in [-0.3, -0.25) is 9.59 Å². The van der Waals surface area contributed by atoms with Crippen LogP contribution in [-0.4, -0.2) is 30.2 Å². The summed E-state index contributed by atoms with van der Waals surface area (Å²) in [5.41, 5.74) is 1.48. The highest BCUT2D eigenvalue weighted by Crippen LogP contribution is 2.37. The van der Waals surface area contributed by atoms with E-state index < -0.39 is 0 Å². The van der Waals surface area contributed by atoms with Crippen LogP contribution < -0.4 is 15.0 Å². The highest BCUT2D eigenvalue weighted by Gasteiger charge is 2.27. The van der Waals surface area contributed by atoms with Crippen molar-refractivity contribution in [3.05, 3.63) is 48.5 Å². The van der Waals surface area contributed by atoms with E-state index in [1.807, 2.05) is 50.2 Å². The highest BCUT2D eigenvalue weighted by molar-refractivity contribution is 8.00. The molecule has 3 rings (SSSR count). The quantitative estimate of drug-likeness (QED) is 0.866. The van der Waals surface area contributed by atoms with Crippen LogP contribution in [0.4, 0.5) is 11.4 Å². The number of anilines is 2. The molecule has 6 heteroatoms. The summed E-state index contributed by atoms with van der Waals surface area (Å²) in [6, 6.07) is 14.9. The Labute approximate surface area is 157 Å². The van der Waals surface area contributed by atoms with E-state index in [-0.39, 0.29) is 23.6 Å². The van der Waals surface area contributed by atoms with Crippen molar-refractivity contribution in [2.24, 2.45) is 0 Å². The van der Waals surface area contributed by atoms with Crippen LogP contribution in [0.1, 0.15) is 20.3 Å². The van der Waals surface area contributed by atoms with E-state index in [1.54, 1.807) is 28.8 Å². The predicted molar refractivity (Wildman–Crippen MR) is 105 cm³/mol. The number of benzene rings is 2.